The minimum atomic E-state index is -1.19. The summed E-state index contributed by atoms with van der Waals surface area (Å²) in [6.07, 6.45) is 2.94. The molecule has 0 atom stereocenters. The number of aliphatic carboxylic acids is 1. The number of aromatic nitrogens is 1. The van der Waals surface area contributed by atoms with E-state index in [-0.39, 0.29) is 5.70 Å². The van der Waals surface area contributed by atoms with Crippen LogP contribution in [0.2, 0.25) is 0 Å². The van der Waals surface area contributed by atoms with Gasteiger partial charge in [-0.2, -0.15) is 0 Å². The molecule has 0 fully saturated rings. The molecule has 19 heavy (non-hydrogen) atoms. The minimum Gasteiger partial charge on any atom is -0.477 e. The molecule has 0 spiro atoms. The van der Waals surface area contributed by atoms with Crippen LogP contribution >= 0.6 is 0 Å². The van der Waals surface area contributed by atoms with Gasteiger partial charge < -0.3 is 10.4 Å². The number of fused-ring (bicyclic) bond motifs is 1. The van der Waals surface area contributed by atoms with Gasteiger partial charge in [0.25, 0.3) is 0 Å². The molecule has 2 N–H and O–H groups in total. The van der Waals surface area contributed by atoms with Crippen LogP contribution in [0.5, 0.6) is 0 Å². The number of rotatable bonds is 3. The standard InChI is InChI=1S/C14H12N2O3/c1-9(17)16-13(14(18)19)7-10-6-11-4-2-3-5-12(11)15-8-10/h2-8H,1H3,(H,16,17)(H,18,19)/b13-7-. The number of hydrogen-bond acceptors (Lipinski definition) is 3. The number of amides is 1. The van der Waals surface area contributed by atoms with E-state index in [1.807, 2.05) is 30.3 Å². The number of carboxylic acid groups (broad SMARTS) is 1. The van der Waals surface area contributed by atoms with Gasteiger partial charge in [0, 0.05) is 18.5 Å². The van der Waals surface area contributed by atoms with Crippen molar-refractivity contribution in [1.29, 1.82) is 0 Å². The molecule has 0 aliphatic heterocycles. The fraction of sp³-hybridized carbons (Fsp3) is 0.0714. The summed E-state index contributed by atoms with van der Waals surface area (Å²) in [4.78, 5) is 26.2. The van der Waals surface area contributed by atoms with Gasteiger partial charge >= 0.3 is 5.97 Å². The predicted molar refractivity (Wildman–Crippen MR) is 71.2 cm³/mol. The fourth-order valence-electron chi connectivity index (χ4n) is 1.67. The van der Waals surface area contributed by atoms with Gasteiger partial charge in [-0.1, -0.05) is 18.2 Å². The van der Waals surface area contributed by atoms with E-state index in [4.69, 9.17) is 5.11 Å². The van der Waals surface area contributed by atoms with Crippen molar-refractivity contribution in [3.63, 3.8) is 0 Å². The normalized spacial score (nSPS) is 11.3. The molecular formula is C14H12N2O3. The van der Waals surface area contributed by atoms with Crippen molar-refractivity contribution in [2.24, 2.45) is 0 Å². The number of pyridine rings is 1. The Balaban J connectivity index is 2.42. The van der Waals surface area contributed by atoms with Gasteiger partial charge in [0.05, 0.1) is 5.52 Å². The first-order chi connectivity index (χ1) is 9.06. The van der Waals surface area contributed by atoms with Crippen LogP contribution in [-0.4, -0.2) is 22.0 Å². The van der Waals surface area contributed by atoms with E-state index in [9.17, 15) is 9.59 Å². The number of para-hydroxylation sites is 1. The molecule has 1 heterocycles. The molecule has 0 radical (unpaired) electrons. The topological polar surface area (TPSA) is 79.3 Å². The van der Waals surface area contributed by atoms with Crippen LogP contribution in [0.1, 0.15) is 12.5 Å². The summed E-state index contributed by atoms with van der Waals surface area (Å²) < 4.78 is 0. The molecule has 5 heteroatoms. The molecule has 2 aromatic rings. The summed E-state index contributed by atoms with van der Waals surface area (Å²) in [5, 5.41) is 12.2. The molecule has 2 rings (SSSR count). The first-order valence-corrected chi connectivity index (χ1v) is 5.63. The predicted octanol–water partition coefficient (Wildman–Crippen LogP) is 1.80. The lowest BCUT2D eigenvalue weighted by atomic mass is 10.1. The SMILES string of the molecule is CC(=O)N/C(=C\c1cnc2ccccc2c1)C(=O)O. The molecule has 1 aromatic carbocycles. The Kier molecular flexibility index (Phi) is 3.56. The van der Waals surface area contributed by atoms with Gasteiger partial charge in [-0.15, -0.1) is 0 Å². The zero-order valence-corrected chi connectivity index (χ0v) is 10.3. The van der Waals surface area contributed by atoms with Crippen molar-refractivity contribution >= 4 is 28.9 Å². The largest absolute Gasteiger partial charge is 0.477 e. The number of hydrogen-bond donors (Lipinski definition) is 2. The molecule has 0 saturated carbocycles. The summed E-state index contributed by atoms with van der Waals surface area (Å²) in [5.41, 5.74) is 1.27. The minimum absolute atomic E-state index is 0.176. The summed E-state index contributed by atoms with van der Waals surface area (Å²) in [6.45, 7) is 1.26. The van der Waals surface area contributed by atoms with Gasteiger partial charge in [0.15, 0.2) is 0 Å². The highest BCUT2D eigenvalue weighted by Crippen LogP contribution is 2.14. The molecule has 0 saturated heterocycles. The third-order valence-corrected chi connectivity index (χ3v) is 2.46. The van der Waals surface area contributed by atoms with Crippen LogP contribution in [0.4, 0.5) is 0 Å². The number of benzene rings is 1. The maximum Gasteiger partial charge on any atom is 0.352 e. The van der Waals surface area contributed by atoms with Gasteiger partial charge in [-0.3, -0.25) is 9.78 Å². The highest BCUT2D eigenvalue weighted by Gasteiger charge is 2.09. The van der Waals surface area contributed by atoms with Crippen molar-refractivity contribution in [3.8, 4) is 0 Å². The zero-order chi connectivity index (χ0) is 13.8. The lowest BCUT2D eigenvalue weighted by Crippen LogP contribution is -2.24. The van der Waals surface area contributed by atoms with Crippen molar-refractivity contribution in [1.82, 2.24) is 10.3 Å². The Morgan fingerprint density at radius 3 is 2.74 bits per heavy atom. The monoisotopic (exact) mass is 256 g/mol. The number of carboxylic acids is 1. The molecule has 1 aromatic heterocycles. The van der Waals surface area contributed by atoms with Crippen LogP contribution in [-0.2, 0) is 9.59 Å². The van der Waals surface area contributed by atoms with Crippen LogP contribution in [0.3, 0.4) is 0 Å². The average molecular weight is 256 g/mol. The molecule has 5 nitrogen and oxygen atoms in total. The third-order valence-electron chi connectivity index (χ3n) is 2.46. The highest BCUT2D eigenvalue weighted by molar-refractivity contribution is 5.96. The van der Waals surface area contributed by atoms with E-state index < -0.39 is 11.9 Å². The van der Waals surface area contributed by atoms with Crippen molar-refractivity contribution in [2.75, 3.05) is 0 Å². The van der Waals surface area contributed by atoms with Gasteiger partial charge in [-0.25, -0.2) is 4.79 Å². The summed E-state index contributed by atoms with van der Waals surface area (Å²) in [7, 11) is 0. The molecule has 1 amide bonds. The first-order valence-electron chi connectivity index (χ1n) is 5.63. The van der Waals surface area contributed by atoms with Crippen LogP contribution in [0, 0.1) is 0 Å². The Morgan fingerprint density at radius 2 is 2.05 bits per heavy atom. The van der Waals surface area contributed by atoms with E-state index in [0.29, 0.717) is 5.56 Å². The molecule has 0 unspecified atom stereocenters. The quantitative estimate of drug-likeness (QED) is 0.821. The number of nitrogens with zero attached hydrogens (tertiary/aromatic N) is 1. The van der Waals surface area contributed by atoms with Crippen LogP contribution < -0.4 is 5.32 Å². The van der Waals surface area contributed by atoms with Gasteiger partial charge in [0.1, 0.15) is 5.70 Å². The maximum absolute atomic E-state index is 11.0. The lowest BCUT2D eigenvalue weighted by molar-refractivity contribution is -0.134. The molecule has 0 aliphatic carbocycles. The molecule has 0 aliphatic rings. The number of nitrogens with one attached hydrogen (secondary N) is 1. The lowest BCUT2D eigenvalue weighted by Gasteiger charge is -2.03. The van der Waals surface area contributed by atoms with Crippen molar-refractivity contribution in [3.05, 3.63) is 47.8 Å². The van der Waals surface area contributed by atoms with E-state index in [2.05, 4.69) is 10.3 Å². The van der Waals surface area contributed by atoms with Crippen LogP contribution in [0.25, 0.3) is 17.0 Å². The second-order valence-corrected chi connectivity index (χ2v) is 4.01. The summed E-state index contributed by atoms with van der Waals surface area (Å²) >= 11 is 0. The van der Waals surface area contributed by atoms with E-state index in [1.54, 1.807) is 6.20 Å². The second-order valence-electron chi connectivity index (χ2n) is 4.01. The Labute approximate surface area is 109 Å². The molecule has 0 bridgehead atoms. The first kappa shape index (κ1) is 12.8. The van der Waals surface area contributed by atoms with Gasteiger partial charge in [-0.05, 0) is 23.8 Å². The second kappa shape index (κ2) is 5.30. The average Bonchev–Trinajstić information content (AvgIpc) is 2.37. The van der Waals surface area contributed by atoms with Gasteiger partial charge in [0.2, 0.25) is 5.91 Å². The Hall–Kier alpha value is -2.69. The number of carbonyl (C=O) groups excluding carboxylic acids is 1. The zero-order valence-electron chi connectivity index (χ0n) is 10.3. The van der Waals surface area contributed by atoms with E-state index in [1.165, 1.54) is 13.0 Å². The van der Waals surface area contributed by atoms with E-state index >= 15 is 0 Å². The Bertz CT molecular complexity index is 677. The van der Waals surface area contributed by atoms with Crippen molar-refractivity contribution < 1.29 is 14.7 Å². The Morgan fingerprint density at radius 1 is 1.32 bits per heavy atom. The summed E-state index contributed by atoms with van der Waals surface area (Å²) in [5.74, 6) is -1.62. The molecular weight excluding hydrogens is 244 g/mol. The number of carbonyl (C=O) groups is 2. The van der Waals surface area contributed by atoms with E-state index in [0.717, 1.165) is 10.9 Å². The van der Waals surface area contributed by atoms with Crippen molar-refractivity contribution in [2.45, 2.75) is 6.92 Å². The summed E-state index contributed by atoms with van der Waals surface area (Å²) in [6, 6.07) is 9.33. The maximum atomic E-state index is 11.0. The third kappa shape index (κ3) is 3.16. The fourth-order valence-corrected chi connectivity index (χ4v) is 1.67. The smallest absolute Gasteiger partial charge is 0.352 e. The van der Waals surface area contributed by atoms with Crippen LogP contribution in [0.15, 0.2) is 42.2 Å². The molecule has 96 valence electrons. The highest BCUT2D eigenvalue weighted by atomic mass is 16.4.